The van der Waals surface area contributed by atoms with Gasteiger partial charge in [0.15, 0.2) is 0 Å². The Morgan fingerprint density at radius 2 is 1.81 bits per heavy atom. The van der Waals surface area contributed by atoms with Gasteiger partial charge in [-0.15, -0.1) is 0 Å². The van der Waals surface area contributed by atoms with Gasteiger partial charge in [-0.3, -0.25) is 4.98 Å². The first-order valence-corrected chi connectivity index (χ1v) is 8.50. The van der Waals surface area contributed by atoms with Crippen molar-refractivity contribution in [2.75, 3.05) is 7.11 Å². The van der Waals surface area contributed by atoms with E-state index in [0.717, 1.165) is 36.0 Å². The van der Waals surface area contributed by atoms with E-state index in [-0.39, 0.29) is 0 Å². The van der Waals surface area contributed by atoms with Gasteiger partial charge in [0.05, 0.1) is 7.11 Å². The van der Waals surface area contributed by atoms with E-state index in [1.54, 1.807) is 13.4 Å². The number of rotatable bonds is 6. The fourth-order valence-corrected chi connectivity index (χ4v) is 2.94. The molecule has 6 heteroatoms. The molecule has 0 bridgehead atoms. The topological polar surface area (TPSA) is 76.6 Å². The van der Waals surface area contributed by atoms with Gasteiger partial charge in [0, 0.05) is 48.4 Å². The first-order valence-electron chi connectivity index (χ1n) is 8.50. The predicted molar refractivity (Wildman–Crippen MR) is 99.1 cm³/mol. The number of nitrogens with zero attached hydrogens (tertiary/aromatic N) is 4. The second-order valence-corrected chi connectivity index (χ2v) is 6.14. The summed E-state index contributed by atoms with van der Waals surface area (Å²) in [6, 6.07) is 8.16. The highest BCUT2D eigenvalue weighted by molar-refractivity contribution is 5.78. The van der Waals surface area contributed by atoms with Crippen LogP contribution in [0.15, 0.2) is 55.4 Å². The van der Waals surface area contributed by atoms with E-state index in [1.807, 2.05) is 36.9 Å². The number of pyridine rings is 2. The Hall–Kier alpha value is -3.28. The Balaban J connectivity index is 1.40. The number of nitrogens with one attached hydrogen (secondary N) is 1. The lowest BCUT2D eigenvalue weighted by Gasteiger charge is -2.04. The summed E-state index contributed by atoms with van der Waals surface area (Å²) < 4.78 is 5.08. The highest BCUT2D eigenvalue weighted by Crippen LogP contribution is 2.18. The van der Waals surface area contributed by atoms with Gasteiger partial charge in [-0.2, -0.15) is 0 Å². The Kier molecular flexibility index (Phi) is 4.55. The first-order chi connectivity index (χ1) is 12.8. The largest absolute Gasteiger partial charge is 0.481 e. The van der Waals surface area contributed by atoms with E-state index < -0.39 is 0 Å². The molecule has 6 nitrogen and oxygen atoms in total. The molecule has 0 atom stereocenters. The summed E-state index contributed by atoms with van der Waals surface area (Å²) in [6.45, 7) is 0. The number of ether oxygens (including phenoxy) is 1. The smallest absolute Gasteiger partial charge is 0.212 e. The van der Waals surface area contributed by atoms with Gasteiger partial charge in [0.1, 0.15) is 12.0 Å². The standard InChI is InChI=1S/C20H19N5O/c1-26-19-7-4-14(9-23-19)2-5-17-6-3-15(10-22-17)8-16-11-24-20-18(16)12-21-13-25-20/h3-4,6-7,9-13H,2,5,8H2,1H3,(H,21,24,25). The van der Waals surface area contributed by atoms with Crippen molar-refractivity contribution < 1.29 is 4.74 Å². The number of hydrogen-bond acceptors (Lipinski definition) is 5. The molecule has 0 radical (unpaired) electrons. The zero-order valence-electron chi connectivity index (χ0n) is 14.5. The van der Waals surface area contributed by atoms with E-state index in [9.17, 15) is 0 Å². The highest BCUT2D eigenvalue weighted by atomic mass is 16.5. The van der Waals surface area contributed by atoms with Crippen molar-refractivity contribution in [2.45, 2.75) is 19.3 Å². The Morgan fingerprint density at radius 1 is 0.923 bits per heavy atom. The minimum atomic E-state index is 0.638. The lowest BCUT2D eigenvalue weighted by atomic mass is 10.1. The molecule has 0 amide bonds. The van der Waals surface area contributed by atoms with E-state index in [2.05, 4.69) is 37.1 Å². The average molecular weight is 345 g/mol. The molecule has 0 saturated heterocycles. The van der Waals surface area contributed by atoms with Crippen LogP contribution < -0.4 is 4.74 Å². The predicted octanol–water partition coefficient (Wildman–Crippen LogP) is 3.13. The molecule has 4 aromatic rings. The molecule has 26 heavy (non-hydrogen) atoms. The van der Waals surface area contributed by atoms with Crippen LogP contribution in [-0.2, 0) is 19.3 Å². The molecule has 4 heterocycles. The second kappa shape index (κ2) is 7.31. The van der Waals surface area contributed by atoms with E-state index >= 15 is 0 Å². The number of hydrogen-bond donors (Lipinski definition) is 1. The molecular weight excluding hydrogens is 326 g/mol. The minimum absolute atomic E-state index is 0.638. The van der Waals surface area contributed by atoms with Crippen LogP contribution in [0.4, 0.5) is 0 Å². The second-order valence-electron chi connectivity index (χ2n) is 6.14. The molecule has 0 aromatic carbocycles. The Labute approximate surface area is 151 Å². The number of aryl methyl sites for hydroxylation is 2. The van der Waals surface area contributed by atoms with Crippen LogP contribution in [-0.4, -0.2) is 32.0 Å². The fourth-order valence-electron chi connectivity index (χ4n) is 2.94. The van der Waals surface area contributed by atoms with Crippen molar-refractivity contribution in [1.82, 2.24) is 24.9 Å². The summed E-state index contributed by atoms with van der Waals surface area (Å²) >= 11 is 0. The maximum atomic E-state index is 5.08. The lowest BCUT2D eigenvalue weighted by Crippen LogP contribution is -1.97. The number of fused-ring (bicyclic) bond motifs is 1. The third-order valence-corrected chi connectivity index (χ3v) is 4.40. The summed E-state index contributed by atoms with van der Waals surface area (Å²) in [6.07, 6.45) is 11.8. The van der Waals surface area contributed by atoms with Crippen LogP contribution in [0.2, 0.25) is 0 Å². The Bertz CT molecular complexity index is 993. The van der Waals surface area contributed by atoms with Crippen molar-refractivity contribution >= 4 is 11.0 Å². The lowest BCUT2D eigenvalue weighted by molar-refractivity contribution is 0.397. The summed E-state index contributed by atoms with van der Waals surface area (Å²) in [5.41, 5.74) is 5.47. The third-order valence-electron chi connectivity index (χ3n) is 4.40. The molecule has 0 aliphatic heterocycles. The van der Waals surface area contributed by atoms with Crippen LogP contribution in [0.3, 0.4) is 0 Å². The van der Waals surface area contributed by atoms with Crippen LogP contribution in [0.5, 0.6) is 5.88 Å². The van der Waals surface area contributed by atoms with Gasteiger partial charge in [0.2, 0.25) is 5.88 Å². The summed E-state index contributed by atoms with van der Waals surface area (Å²) in [4.78, 5) is 20.3. The van der Waals surface area contributed by atoms with Crippen LogP contribution in [0.1, 0.15) is 22.4 Å². The molecule has 0 fully saturated rings. The molecule has 4 aromatic heterocycles. The minimum Gasteiger partial charge on any atom is -0.481 e. The van der Waals surface area contributed by atoms with Crippen molar-refractivity contribution in [3.8, 4) is 5.88 Å². The summed E-state index contributed by atoms with van der Waals surface area (Å²) in [7, 11) is 1.62. The van der Waals surface area contributed by atoms with Crippen LogP contribution in [0, 0.1) is 0 Å². The van der Waals surface area contributed by atoms with Crippen LogP contribution in [0.25, 0.3) is 11.0 Å². The van der Waals surface area contributed by atoms with Crippen molar-refractivity contribution in [1.29, 1.82) is 0 Å². The first kappa shape index (κ1) is 16.2. The van der Waals surface area contributed by atoms with Gasteiger partial charge in [-0.1, -0.05) is 12.1 Å². The maximum absolute atomic E-state index is 5.08. The van der Waals surface area contributed by atoms with Gasteiger partial charge >= 0.3 is 0 Å². The number of H-pyrrole nitrogens is 1. The van der Waals surface area contributed by atoms with Gasteiger partial charge in [-0.25, -0.2) is 15.0 Å². The summed E-state index contributed by atoms with van der Waals surface area (Å²) in [5, 5.41) is 1.06. The van der Waals surface area contributed by atoms with Crippen molar-refractivity contribution in [2.24, 2.45) is 0 Å². The molecule has 0 saturated carbocycles. The number of methoxy groups -OCH3 is 1. The SMILES string of the molecule is COc1ccc(CCc2ccc(Cc3c[nH]c4ncncc34)cn2)cn1. The third kappa shape index (κ3) is 3.54. The quantitative estimate of drug-likeness (QED) is 0.581. The molecule has 0 aliphatic rings. The zero-order valence-corrected chi connectivity index (χ0v) is 14.5. The van der Waals surface area contributed by atoms with Crippen molar-refractivity contribution in [3.63, 3.8) is 0 Å². The van der Waals surface area contributed by atoms with Gasteiger partial charge in [-0.05, 0) is 35.6 Å². The highest BCUT2D eigenvalue weighted by Gasteiger charge is 2.06. The van der Waals surface area contributed by atoms with E-state index in [4.69, 9.17) is 4.74 Å². The molecule has 4 rings (SSSR count). The van der Waals surface area contributed by atoms with Gasteiger partial charge in [0.25, 0.3) is 0 Å². The number of aromatic nitrogens is 5. The average Bonchev–Trinajstić information content (AvgIpc) is 3.11. The molecule has 1 N–H and O–H groups in total. The van der Waals surface area contributed by atoms with E-state index in [0.29, 0.717) is 5.88 Å². The fraction of sp³-hybridized carbons (Fsp3) is 0.200. The molecule has 0 unspecified atom stereocenters. The zero-order chi connectivity index (χ0) is 17.8. The molecule has 0 spiro atoms. The monoisotopic (exact) mass is 345 g/mol. The molecule has 0 aliphatic carbocycles. The van der Waals surface area contributed by atoms with Crippen LogP contribution >= 0.6 is 0 Å². The number of aromatic amines is 1. The van der Waals surface area contributed by atoms with Crippen molar-refractivity contribution in [3.05, 3.63) is 77.8 Å². The van der Waals surface area contributed by atoms with E-state index in [1.165, 1.54) is 16.7 Å². The Morgan fingerprint density at radius 3 is 2.58 bits per heavy atom. The maximum Gasteiger partial charge on any atom is 0.212 e. The van der Waals surface area contributed by atoms with Gasteiger partial charge < -0.3 is 9.72 Å². The molecule has 130 valence electrons. The molecular formula is C20H19N5O. The normalized spacial score (nSPS) is 11.0. The summed E-state index contributed by atoms with van der Waals surface area (Å²) in [5.74, 6) is 0.638.